The second-order valence-electron chi connectivity index (χ2n) is 42.3. The maximum Gasteiger partial charge on any atom is 0.316 e. The first-order chi connectivity index (χ1) is 71.8. The molecular weight excluding hydrogens is 1810 g/mol. The highest BCUT2D eigenvalue weighted by atomic mass is 16.5. The van der Waals surface area contributed by atoms with Crippen LogP contribution in [0.3, 0.4) is 0 Å². The lowest BCUT2D eigenvalue weighted by molar-refractivity contribution is -0.156. The fourth-order valence-electron chi connectivity index (χ4n) is 17.2. The van der Waals surface area contributed by atoms with E-state index in [1.807, 2.05) is 159 Å². The van der Waals surface area contributed by atoms with Gasteiger partial charge in [0.25, 0.3) is 0 Å². The zero-order valence-electron chi connectivity index (χ0n) is 93.0. The summed E-state index contributed by atoms with van der Waals surface area (Å²) in [6, 6.07) is 147. The predicted octanol–water partition coefficient (Wildman–Crippen LogP) is 41.3. The third-order valence-corrected chi connectivity index (χ3v) is 30.2. The summed E-state index contributed by atoms with van der Waals surface area (Å²) in [6.07, 6.45) is 9.49. The standard InChI is InChI=1S/C20H20O2.2C18H18.C17H20O2.C17H20.C16H18.C14H16.C13H18O2.C10H14/c1-4-20(2,3)19(21)22-18-16-11-7-5-9-14(16)13-15-10-6-8-12-17(15)18;1-3-13(2)18-16-10-6-4-8-14(16)12-15-9-5-7-11-17(15)18;1-3-13(2)14-8-9-17-11-15-6-4-5-7-16(15)12-18(17)10-14;1-4-17(2,3)16(18)19-12-13-9-10-14-7-5-6-8-15(14)11-13;1-4-17(2,3)16-12-10-15(11-13-16)14-8-6-5-7-9-14;1-3-13(2)14-9-11-16(12-10-14)15-7-5-4-6-8-15;1-3-11(2)13-9-8-12-6-4-5-7-14(12)10-13;1-4-13(2,3)12(14)15-10-11-8-6-5-7-9-11;1-3-9(2)10-7-5-4-6-8-10/h5-13H,4H2,1-3H3;2*4-13H,3H2,1-2H3;5-11H,4,12H2,1-3H3;5-13H,4H2,1-3H3;4-13H,3H2,1-2H3;4-11H,3H2,1-2H3;5-9H,4,10H2,1-3H3;4-9H,3H2,1-2H3. The normalized spacial score (nSPS) is 12.2. The number of carbonyl (C=O) groups is 3. The molecule has 0 heterocycles. The van der Waals surface area contributed by atoms with Crippen molar-refractivity contribution in [1.82, 2.24) is 0 Å². The van der Waals surface area contributed by atoms with Crippen molar-refractivity contribution in [3.05, 3.63) is 463 Å². The molecule has 6 heteroatoms. The molecule has 5 atom stereocenters. The maximum absolute atomic E-state index is 12.5. The molecule has 0 aliphatic rings. The number of carbonyl (C=O) groups excluding carboxylic acids is 3. The highest BCUT2D eigenvalue weighted by molar-refractivity contribution is 6.07. The third kappa shape index (κ3) is 32.8. The maximum atomic E-state index is 12.5. The molecule has 0 saturated heterocycles. The fraction of sp³-hybridized carbons (Fsp3) is 0.294. The lowest BCUT2D eigenvalue weighted by Crippen LogP contribution is -2.28. The molecule has 0 spiro atoms. The fourth-order valence-corrected chi connectivity index (χ4v) is 17.2. The number of ether oxygens (including phenoxy) is 3. The summed E-state index contributed by atoms with van der Waals surface area (Å²) < 4.78 is 16.5. The second kappa shape index (κ2) is 56.7. The molecule has 5 unspecified atom stereocenters. The van der Waals surface area contributed by atoms with Crippen LogP contribution in [0, 0.1) is 16.2 Å². The Kier molecular flexibility index (Phi) is 43.8. The largest absolute Gasteiger partial charge is 0.460 e. The zero-order chi connectivity index (χ0) is 107. The number of fused-ring (bicyclic) bond motifs is 8. The zero-order valence-corrected chi connectivity index (χ0v) is 93.0. The molecule has 0 aromatic heterocycles. The van der Waals surface area contributed by atoms with Crippen molar-refractivity contribution in [2.75, 3.05) is 0 Å². The molecular formula is C143H162O6. The molecule has 0 aliphatic heterocycles. The van der Waals surface area contributed by atoms with Gasteiger partial charge in [0.1, 0.15) is 19.0 Å². The van der Waals surface area contributed by atoms with E-state index in [1.165, 1.54) is 152 Å². The summed E-state index contributed by atoms with van der Waals surface area (Å²) >= 11 is 0. The van der Waals surface area contributed by atoms with Crippen LogP contribution in [0.2, 0.25) is 0 Å². The van der Waals surface area contributed by atoms with E-state index in [0.29, 0.717) is 48.6 Å². The van der Waals surface area contributed by atoms with Crippen LogP contribution in [-0.4, -0.2) is 17.9 Å². The van der Waals surface area contributed by atoms with Crippen molar-refractivity contribution >= 4 is 104 Å². The topological polar surface area (TPSA) is 78.9 Å². The lowest BCUT2D eigenvalue weighted by atomic mass is 9.82. The quantitative estimate of drug-likeness (QED) is 0.0322. The van der Waals surface area contributed by atoms with Gasteiger partial charge in [0.05, 0.1) is 16.2 Å². The Morgan fingerprint density at radius 2 is 0.497 bits per heavy atom. The SMILES string of the molecule is CCC(C)(C)C(=O)OCc1ccc2ccccc2c1.CCC(C)(C)C(=O)OCc1ccccc1.CCC(C)(C)C(=O)Oc1c2ccccc2cc2ccccc12.CCC(C)(C)c1ccc(-c2ccccc2)cc1.CCC(C)c1c2ccccc2cc2ccccc12.CCC(C)c1ccc(-c2ccccc2)cc1.CCC(C)c1ccc2cc3ccccc3cc2c1.CCC(C)c1ccc2ccccc2c1.CCC(C)c1ccccc1. The van der Waals surface area contributed by atoms with Gasteiger partial charge in [-0.25, -0.2) is 0 Å². The van der Waals surface area contributed by atoms with Crippen LogP contribution in [0.25, 0.3) is 108 Å². The highest BCUT2D eigenvalue weighted by Crippen LogP contribution is 2.40. The van der Waals surface area contributed by atoms with E-state index in [0.717, 1.165) is 58.4 Å². The summed E-state index contributed by atoms with van der Waals surface area (Å²) in [7, 11) is 0. The Morgan fingerprint density at radius 1 is 0.221 bits per heavy atom. The van der Waals surface area contributed by atoms with E-state index < -0.39 is 10.8 Å². The van der Waals surface area contributed by atoms with Crippen LogP contribution in [0.15, 0.2) is 419 Å². The van der Waals surface area contributed by atoms with Crippen molar-refractivity contribution in [2.24, 2.45) is 16.2 Å². The minimum absolute atomic E-state index is 0.131. The Balaban J connectivity index is 0.000000160. The van der Waals surface area contributed by atoms with Gasteiger partial charge in [-0.15, -0.1) is 0 Å². The van der Waals surface area contributed by atoms with Gasteiger partial charge in [0.2, 0.25) is 0 Å². The smallest absolute Gasteiger partial charge is 0.316 e. The summed E-state index contributed by atoms with van der Waals surface area (Å²) in [4.78, 5) is 36.1. The van der Waals surface area contributed by atoms with E-state index in [2.05, 4.69) is 412 Å². The van der Waals surface area contributed by atoms with Gasteiger partial charge in [0, 0.05) is 10.8 Å². The van der Waals surface area contributed by atoms with Crippen LogP contribution >= 0.6 is 0 Å². The molecule has 0 N–H and O–H groups in total. The van der Waals surface area contributed by atoms with Gasteiger partial charge >= 0.3 is 17.9 Å². The Morgan fingerprint density at radius 3 is 0.906 bits per heavy atom. The molecule has 149 heavy (non-hydrogen) atoms. The average Bonchev–Trinajstić information content (AvgIpc) is 0.768. The number of hydrogen-bond acceptors (Lipinski definition) is 6. The van der Waals surface area contributed by atoms with Crippen LogP contribution < -0.4 is 4.74 Å². The molecule has 0 amide bonds. The van der Waals surface area contributed by atoms with Gasteiger partial charge < -0.3 is 14.2 Å². The summed E-state index contributed by atoms with van der Waals surface area (Å²) in [5, 5.41) is 20.0. The number of rotatable bonds is 25. The number of hydrogen-bond donors (Lipinski definition) is 0. The van der Waals surface area contributed by atoms with Gasteiger partial charge in [0.15, 0.2) is 0 Å². The molecule has 0 saturated carbocycles. The first-order valence-corrected chi connectivity index (χ1v) is 54.5. The molecule has 19 aromatic rings. The molecule has 770 valence electrons. The van der Waals surface area contributed by atoms with Gasteiger partial charge in [-0.2, -0.15) is 0 Å². The Labute approximate surface area is 892 Å². The molecule has 0 aliphatic carbocycles. The molecule has 0 radical (unpaired) electrons. The third-order valence-electron chi connectivity index (χ3n) is 30.2. The predicted molar refractivity (Wildman–Crippen MR) is 643 cm³/mol. The first-order valence-electron chi connectivity index (χ1n) is 54.5. The van der Waals surface area contributed by atoms with Crippen molar-refractivity contribution in [1.29, 1.82) is 0 Å². The van der Waals surface area contributed by atoms with E-state index in [9.17, 15) is 14.4 Å². The summed E-state index contributed by atoms with van der Waals surface area (Å²) in [5.74, 6) is 3.49. The molecule has 19 rings (SSSR count). The lowest BCUT2D eigenvalue weighted by Gasteiger charge is -2.23. The first kappa shape index (κ1) is 115. The summed E-state index contributed by atoms with van der Waals surface area (Å²) in [5.41, 5.74) is 14.9. The van der Waals surface area contributed by atoms with Crippen molar-refractivity contribution < 1.29 is 28.6 Å². The minimum Gasteiger partial charge on any atom is -0.460 e. The monoisotopic (exact) mass is 1980 g/mol. The highest BCUT2D eigenvalue weighted by Gasteiger charge is 2.31. The van der Waals surface area contributed by atoms with E-state index in [4.69, 9.17) is 14.2 Å². The van der Waals surface area contributed by atoms with E-state index in [-0.39, 0.29) is 28.7 Å². The van der Waals surface area contributed by atoms with Crippen LogP contribution in [-0.2, 0) is 42.5 Å². The van der Waals surface area contributed by atoms with Crippen LogP contribution in [0.4, 0.5) is 0 Å². The van der Waals surface area contributed by atoms with Crippen molar-refractivity contribution in [2.45, 2.75) is 258 Å². The number of esters is 3. The molecule has 0 fully saturated rings. The second-order valence-corrected chi connectivity index (χ2v) is 42.3. The Bertz CT molecular complexity index is 7270. The van der Waals surface area contributed by atoms with E-state index >= 15 is 0 Å². The van der Waals surface area contributed by atoms with Crippen molar-refractivity contribution in [3.8, 4) is 28.0 Å². The van der Waals surface area contributed by atoms with Gasteiger partial charge in [-0.05, 0) is 307 Å². The van der Waals surface area contributed by atoms with Crippen LogP contribution in [0.5, 0.6) is 5.75 Å². The Hall–Kier alpha value is -14.3. The summed E-state index contributed by atoms with van der Waals surface area (Å²) in [6.45, 7) is 47.6. The average molecular weight is 1980 g/mol. The van der Waals surface area contributed by atoms with Crippen LogP contribution in [0.1, 0.15) is 284 Å². The van der Waals surface area contributed by atoms with Gasteiger partial charge in [-0.3, -0.25) is 14.4 Å². The van der Waals surface area contributed by atoms with Crippen molar-refractivity contribution in [3.63, 3.8) is 0 Å². The molecule has 6 nitrogen and oxygen atoms in total. The molecule has 19 aromatic carbocycles. The van der Waals surface area contributed by atoms with Gasteiger partial charge in [-0.1, -0.05) is 499 Å². The molecule has 0 bridgehead atoms. The van der Waals surface area contributed by atoms with E-state index in [1.54, 1.807) is 0 Å². The number of benzene rings is 19. The minimum atomic E-state index is -0.488.